The molecular weight excluding hydrogens is 1010 g/mol. The van der Waals surface area contributed by atoms with Crippen LogP contribution in [0.15, 0.2) is 72.9 Å². The molecule has 1 atom stereocenters. The molecule has 0 heterocycles. The van der Waals surface area contributed by atoms with Gasteiger partial charge in [0.25, 0.3) is 0 Å². The van der Waals surface area contributed by atoms with E-state index in [1.165, 1.54) is 238 Å². The first kappa shape index (κ1) is 78.8. The molecule has 0 saturated heterocycles. The molecule has 0 amide bonds. The summed E-state index contributed by atoms with van der Waals surface area (Å²) in [4.78, 5) is 38.4. The minimum absolute atomic E-state index is 0.0677. The lowest BCUT2D eigenvalue weighted by atomic mass is 10.0. The van der Waals surface area contributed by atoms with Crippen LogP contribution in [0.3, 0.4) is 0 Å². The van der Waals surface area contributed by atoms with Crippen molar-refractivity contribution in [2.45, 2.75) is 380 Å². The number of carbonyl (C=O) groups excluding carboxylic acids is 3. The molecule has 476 valence electrons. The minimum atomic E-state index is -0.771. The number of carbonyl (C=O) groups is 3. The molecule has 0 aliphatic heterocycles. The van der Waals surface area contributed by atoms with Crippen molar-refractivity contribution in [2.75, 3.05) is 13.2 Å². The number of unbranched alkanes of at least 4 members (excludes halogenated alkanes) is 43. The van der Waals surface area contributed by atoms with Crippen LogP contribution in [0.5, 0.6) is 0 Å². The summed E-state index contributed by atoms with van der Waals surface area (Å²) in [6.07, 6.45) is 92.2. The van der Waals surface area contributed by atoms with Crippen molar-refractivity contribution in [2.24, 2.45) is 0 Å². The highest BCUT2D eigenvalue weighted by Crippen LogP contribution is 2.18. The molecule has 0 aromatic rings. The standard InChI is InChI=1S/C76H136O6/c1-4-7-10-13-16-19-22-25-27-29-31-32-33-34-35-36-37-38-39-40-41-42-43-44-45-47-48-51-54-57-60-63-66-69-75(78)81-72-73(71-80-74(77)68-65-62-59-56-53-50-24-21-18-15-12-9-6-3)82-76(79)70-67-64-61-58-55-52-49-46-30-28-26-23-20-17-14-11-8-5-2/h7,10,16,19,25,27,31-32,34-35,37-38,73H,4-6,8-9,11-15,17-18,20-24,26,28-30,33,36,39-72H2,1-3H3/b10-7-,19-16-,27-25-,32-31-,35-34-,38-37-. The fourth-order valence-corrected chi connectivity index (χ4v) is 10.6. The molecule has 0 radical (unpaired) electrons. The van der Waals surface area contributed by atoms with Gasteiger partial charge in [0.2, 0.25) is 0 Å². The Morgan fingerprint density at radius 2 is 0.476 bits per heavy atom. The predicted octanol–water partition coefficient (Wildman–Crippen LogP) is 24.8. The van der Waals surface area contributed by atoms with Gasteiger partial charge in [0.05, 0.1) is 0 Å². The average molecular weight is 1150 g/mol. The zero-order chi connectivity index (χ0) is 59.2. The maximum atomic E-state index is 12.9. The second kappa shape index (κ2) is 70.3. The van der Waals surface area contributed by atoms with Crippen molar-refractivity contribution in [1.29, 1.82) is 0 Å². The number of rotatable bonds is 66. The average Bonchev–Trinajstić information content (AvgIpc) is 3.47. The van der Waals surface area contributed by atoms with Crippen LogP contribution >= 0.6 is 0 Å². The maximum absolute atomic E-state index is 12.9. The van der Waals surface area contributed by atoms with Gasteiger partial charge in [0.1, 0.15) is 13.2 Å². The van der Waals surface area contributed by atoms with Crippen LogP contribution in [-0.4, -0.2) is 37.2 Å². The quantitative estimate of drug-likeness (QED) is 0.0261. The van der Waals surface area contributed by atoms with Gasteiger partial charge in [-0.15, -0.1) is 0 Å². The van der Waals surface area contributed by atoms with Gasteiger partial charge in [0.15, 0.2) is 6.10 Å². The lowest BCUT2D eigenvalue weighted by molar-refractivity contribution is -0.167. The molecule has 6 nitrogen and oxygen atoms in total. The zero-order valence-corrected chi connectivity index (χ0v) is 54.8. The van der Waals surface area contributed by atoms with E-state index in [1.807, 2.05) is 0 Å². The van der Waals surface area contributed by atoms with Crippen LogP contribution in [0, 0.1) is 0 Å². The summed E-state index contributed by atoms with van der Waals surface area (Å²) in [5.41, 5.74) is 0. The van der Waals surface area contributed by atoms with Gasteiger partial charge >= 0.3 is 17.9 Å². The van der Waals surface area contributed by atoms with Crippen LogP contribution < -0.4 is 0 Å². The van der Waals surface area contributed by atoms with Gasteiger partial charge < -0.3 is 14.2 Å². The van der Waals surface area contributed by atoms with Crippen molar-refractivity contribution in [3.8, 4) is 0 Å². The van der Waals surface area contributed by atoms with Crippen molar-refractivity contribution in [3.05, 3.63) is 72.9 Å². The number of hydrogen-bond donors (Lipinski definition) is 0. The fraction of sp³-hybridized carbons (Fsp3) is 0.803. The second-order valence-electron chi connectivity index (χ2n) is 24.1. The molecule has 0 fully saturated rings. The highest BCUT2D eigenvalue weighted by atomic mass is 16.6. The summed E-state index contributed by atoms with van der Waals surface area (Å²) in [6, 6.07) is 0. The second-order valence-corrected chi connectivity index (χ2v) is 24.1. The van der Waals surface area contributed by atoms with Gasteiger partial charge in [0, 0.05) is 19.3 Å². The van der Waals surface area contributed by atoms with E-state index in [1.54, 1.807) is 0 Å². The van der Waals surface area contributed by atoms with E-state index in [0.717, 1.165) is 96.3 Å². The Balaban J connectivity index is 4.17. The van der Waals surface area contributed by atoms with Gasteiger partial charge in [-0.05, 0) is 70.6 Å². The van der Waals surface area contributed by atoms with E-state index >= 15 is 0 Å². The van der Waals surface area contributed by atoms with E-state index < -0.39 is 6.10 Å². The zero-order valence-electron chi connectivity index (χ0n) is 54.8. The summed E-state index contributed by atoms with van der Waals surface area (Å²) in [5, 5.41) is 0. The van der Waals surface area contributed by atoms with Crippen LogP contribution in [0.1, 0.15) is 374 Å². The first-order valence-corrected chi connectivity index (χ1v) is 35.9. The molecule has 0 saturated carbocycles. The van der Waals surface area contributed by atoms with E-state index in [-0.39, 0.29) is 31.1 Å². The minimum Gasteiger partial charge on any atom is -0.462 e. The molecule has 0 rings (SSSR count). The Morgan fingerprint density at radius 3 is 0.744 bits per heavy atom. The molecule has 1 unspecified atom stereocenters. The molecule has 0 N–H and O–H groups in total. The van der Waals surface area contributed by atoms with Crippen molar-refractivity contribution < 1.29 is 28.6 Å². The Hall–Kier alpha value is -3.15. The van der Waals surface area contributed by atoms with Crippen molar-refractivity contribution >= 4 is 17.9 Å². The predicted molar refractivity (Wildman–Crippen MR) is 358 cm³/mol. The summed E-state index contributed by atoms with van der Waals surface area (Å²) in [6.45, 7) is 6.59. The SMILES string of the molecule is CC/C=C\C/C=C\C/C=C\C/C=C\C/C=C\C/C=C\CCCCCCCCCCCCCCCCC(=O)OCC(COC(=O)CCCCCCCCCCCCCCC)OC(=O)CCCCCCCCCCCCCCCCCCCC. The summed E-state index contributed by atoms with van der Waals surface area (Å²) >= 11 is 0. The van der Waals surface area contributed by atoms with Crippen LogP contribution in [0.25, 0.3) is 0 Å². The topological polar surface area (TPSA) is 78.9 Å². The number of allylic oxidation sites excluding steroid dienone is 12. The highest BCUT2D eigenvalue weighted by Gasteiger charge is 2.19. The Labute approximate surface area is 510 Å². The smallest absolute Gasteiger partial charge is 0.306 e. The molecule has 0 spiro atoms. The molecule has 6 heteroatoms. The Kier molecular flexibility index (Phi) is 67.6. The lowest BCUT2D eigenvalue weighted by Crippen LogP contribution is -2.30. The fourth-order valence-electron chi connectivity index (χ4n) is 10.6. The first-order valence-electron chi connectivity index (χ1n) is 35.9. The molecule has 0 aromatic heterocycles. The van der Waals surface area contributed by atoms with Gasteiger partial charge in [-0.25, -0.2) is 0 Å². The lowest BCUT2D eigenvalue weighted by Gasteiger charge is -2.18. The third-order valence-corrected chi connectivity index (χ3v) is 16.0. The third kappa shape index (κ3) is 67.6. The van der Waals surface area contributed by atoms with Crippen molar-refractivity contribution in [1.82, 2.24) is 0 Å². The first-order chi connectivity index (χ1) is 40.5. The van der Waals surface area contributed by atoms with E-state index in [4.69, 9.17) is 14.2 Å². The van der Waals surface area contributed by atoms with Crippen LogP contribution in [0.2, 0.25) is 0 Å². The van der Waals surface area contributed by atoms with Crippen LogP contribution in [-0.2, 0) is 28.6 Å². The van der Waals surface area contributed by atoms with Crippen LogP contribution in [0.4, 0.5) is 0 Å². The number of esters is 3. The van der Waals surface area contributed by atoms with E-state index in [0.29, 0.717) is 19.3 Å². The molecule has 0 aromatic carbocycles. The number of ether oxygens (including phenoxy) is 3. The van der Waals surface area contributed by atoms with E-state index in [9.17, 15) is 14.4 Å². The summed E-state index contributed by atoms with van der Waals surface area (Å²) in [5.74, 6) is -0.842. The Bertz CT molecular complexity index is 1500. The third-order valence-electron chi connectivity index (χ3n) is 16.0. The Morgan fingerprint density at radius 1 is 0.256 bits per heavy atom. The van der Waals surface area contributed by atoms with Crippen molar-refractivity contribution in [3.63, 3.8) is 0 Å². The summed E-state index contributed by atoms with van der Waals surface area (Å²) < 4.78 is 17.0. The number of hydrogen-bond acceptors (Lipinski definition) is 6. The highest BCUT2D eigenvalue weighted by molar-refractivity contribution is 5.71. The van der Waals surface area contributed by atoms with E-state index in [2.05, 4.69) is 93.7 Å². The van der Waals surface area contributed by atoms with Gasteiger partial charge in [-0.3, -0.25) is 14.4 Å². The van der Waals surface area contributed by atoms with Gasteiger partial charge in [-0.2, -0.15) is 0 Å². The monoisotopic (exact) mass is 1150 g/mol. The molecular formula is C76H136O6. The normalized spacial score (nSPS) is 12.5. The molecule has 0 bridgehead atoms. The summed E-state index contributed by atoms with van der Waals surface area (Å²) in [7, 11) is 0. The van der Waals surface area contributed by atoms with Gasteiger partial charge in [-0.1, -0.05) is 357 Å². The maximum Gasteiger partial charge on any atom is 0.306 e. The molecule has 0 aliphatic carbocycles. The molecule has 0 aliphatic rings. The largest absolute Gasteiger partial charge is 0.462 e. The molecule has 82 heavy (non-hydrogen) atoms.